The summed E-state index contributed by atoms with van der Waals surface area (Å²) in [6.45, 7) is 1.90. The van der Waals surface area contributed by atoms with Gasteiger partial charge >= 0.3 is 5.97 Å². The molecule has 0 aromatic heterocycles. The quantitative estimate of drug-likeness (QED) is 0.397. The summed E-state index contributed by atoms with van der Waals surface area (Å²) in [6.07, 6.45) is 1.25. The summed E-state index contributed by atoms with van der Waals surface area (Å²) in [5.74, 6) is -1.01. The van der Waals surface area contributed by atoms with Crippen molar-refractivity contribution in [3.63, 3.8) is 0 Å². The Hall–Kier alpha value is -2.32. The van der Waals surface area contributed by atoms with Crippen LogP contribution in [-0.4, -0.2) is 41.3 Å². The van der Waals surface area contributed by atoms with Gasteiger partial charge < -0.3 is 5.11 Å². The number of aryl methyl sites for hydroxylation is 2. The molecule has 0 bridgehead atoms. The highest BCUT2D eigenvalue weighted by Crippen LogP contribution is 2.42. The van der Waals surface area contributed by atoms with Crippen LogP contribution in [0, 0.1) is 12.8 Å². The van der Waals surface area contributed by atoms with Crippen molar-refractivity contribution in [2.75, 3.05) is 12.3 Å². The van der Waals surface area contributed by atoms with E-state index < -0.39 is 28.0 Å². The van der Waals surface area contributed by atoms with E-state index in [0.29, 0.717) is 11.4 Å². The third-order valence-electron chi connectivity index (χ3n) is 6.39. The molecule has 0 amide bonds. The first kappa shape index (κ1) is 25.8. The second kappa shape index (κ2) is 11.2. The normalized spacial score (nSPS) is 21.0. The van der Waals surface area contributed by atoms with Crippen LogP contribution < -0.4 is 0 Å². The topological polar surface area (TPSA) is 74.7 Å². The Labute approximate surface area is 216 Å². The molecule has 1 aliphatic rings. The van der Waals surface area contributed by atoms with Gasteiger partial charge in [0.1, 0.15) is 0 Å². The van der Waals surface area contributed by atoms with Gasteiger partial charge in [-0.15, -0.1) is 0 Å². The Morgan fingerprint density at radius 3 is 2.31 bits per heavy atom. The second-order valence-corrected chi connectivity index (χ2v) is 12.5. The minimum atomic E-state index is -3.94. The molecule has 0 saturated carbocycles. The van der Waals surface area contributed by atoms with Crippen molar-refractivity contribution in [1.29, 1.82) is 0 Å². The zero-order chi connectivity index (χ0) is 25.0. The van der Waals surface area contributed by atoms with Crippen molar-refractivity contribution < 1.29 is 18.3 Å². The van der Waals surface area contributed by atoms with Crippen LogP contribution >= 0.6 is 23.4 Å². The Morgan fingerprint density at radius 1 is 1.03 bits per heavy atom. The maximum absolute atomic E-state index is 13.7. The molecule has 8 heteroatoms. The monoisotopic (exact) mass is 529 g/mol. The number of hydrogen-bond donors (Lipinski definition) is 1. The van der Waals surface area contributed by atoms with Gasteiger partial charge in [-0.05, 0) is 60.9 Å². The molecule has 0 aliphatic carbocycles. The molecule has 1 N–H and O–H groups in total. The number of nitrogens with zero attached hydrogens (tertiary/aromatic N) is 1. The molecule has 5 nitrogen and oxygen atoms in total. The van der Waals surface area contributed by atoms with Crippen molar-refractivity contribution in [3.8, 4) is 0 Å². The van der Waals surface area contributed by atoms with E-state index in [1.807, 2.05) is 49.4 Å². The van der Waals surface area contributed by atoms with Crippen LogP contribution in [0.3, 0.4) is 0 Å². The maximum Gasteiger partial charge on any atom is 0.308 e. The molecular formula is C27H28ClNO4S2. The van der Waals surface area contributed by atoms with E-state index in [9.17, 15) is 18.3 Å². The molecule has 1 heterocycles. The zero-order valence-corrected chi connectivity index (χ0v) is 21.8. The lowest BCUT2D eigenvalue weighted by Gasteiger charge is -2.41. The van der Waals surface area contributed by atoms with Gasteiger partial charge in [-0.25, -0.2) is 8.42 Å². The smallest absolute Gasteiger partial charge is 0.308 e. The highest BCUT2D eigenvalue weighted by atomic mass is 35.5. The molecule has 1 saturated heterocycles. The number of benzene rings is 3. The Kier molecular flexibility index (Phi) is 8.22. The molecule has 3 aromatic carbocycles. The van der Waals surface area contributed by atoms with E-state index in [2.05, 4.69) is 12.1 Å². The SMILES string of the molecule is Cc1ccc([C@@H]2C[C@@H](SCCc3ccccc3)[C@H](C(=O)O)CN2S(=O)(=O)c2ccc(Cl)cc2)cc1. The third-order valence-corrected chi connectivity index (χ3v) is 9.92. The van der Waals surface area contributed by atoms with Gasteiger partial charge in [0.05, 0.1) is 16.9 Å². The van der Waals surface area contributed by atoms with Gasteiger partial charge in [0.25, 0.3) is 0 Å². The highest BCUT2D eigenvalue weighted by molar-refractivity contribution is 7.99. The van der Waals surface area contributed by atoms with Crippen LogP contribution in [0.4, 0.5) is 0 Å². The first-order chi connectivity index (χ1) is 16.8. The second-order valence-electron chi connectivity index (χ2n) is 8.78. The number of sulfonamides is 1. The van der Waals surface area contributed by atoms with Gasteiger partial charge in [-0.2, -0.15) is 16.1 Å². The number of hydrogen-bond acceptors (Lipinski definition) is 4. The molecule has 184 valence electrons. The Morgan fingerprint density at radius 2 is 1.69 bits per heavy atom. The number of piperidine rings is 1. The van der Waals surface area contributed by atoms with Crippen molar-refractivity contribution in [3.05, 3.63) is 101 Å². The molecule has 0 radical (unpaired) electrons. The number of thioether (sulfide) groups is 1. The molecule has 1 fully saturated rings. The number of halogens is 1. The summed E-state index contributed by atoms with van der Waals surface area (Å²) in [4.78, 5) is 12.4. The van der Waals surface area contributed by atoms with Crippen LogP contribution in [0.2, 0.25) is 5.02 Å². The maximum atomic E-state index is 13.7. The zero-order valence-electron chi connectivity index (χ0n) is 19.4. The lowest BCUT2D eigenvalue weighted by Crippen LogP contribution is -2.49. The van der Waals surface area contributed by atoms with Crippen LogP contribution in [0.25, 0.3) is 0 Å². The Balaban J connectivity index is 1.64. The third kappa shape index (κ3) is 6.09. The minimum Gasteiger partial charge on any atom is -0.481 e. The summed E-state index contributed by atoms with van der Waals surface area (Å²) in [5, 5.41) is 10.3. The van der Waals surface area contributed by atoms with Crippen LogP contribution in [0.15, 0.2) is 83.8 Å². The first-order valence-electron chi connectivity index (χ1n) is 11.5. The molecule has 35 heavy (non-hydrogen) atoms. The number of carboxylic acid groups (broad SMARTS) is 1. The average molecular weight is 530 g/mol. The van der Waals surface area contributed by atoms with E-state index in [4.69, 9.17) is 11.6 Å². The van der Waals surface area contributed by atoms with Crippen molar-refractivity contribution in [2.45, 2.75) is 36.0 Å². The van der Waals surface area contributed by atoms with E-state index in [1.165, 1.54) is 34.1 Å². The molecule has 1 aliphatic heterocycles. The fourth-order valence-corrected chi connectivity index (χ4v) is 7.62. The standard InChI is InChI=1S/C27H28ClNO4S2/c1-19-7-9-21(10-8-19)25-17-26(34-16-15-20-5-3-2-4-6-20)24(27(30)31)18-29(25)35(32,33)23-13-11-22(28)12-14-23/h2-14,24-26H,15-18H2,1H3,(H,30,31)/t24-,25+,26-/m1/s1. The van der Waals surface area contributed by atoms with Crippen LogP contribution in [0.5, 0.6) is 0 Å². The van der Waals surface area contributed by atoms with Crippen molar-refractivity contribution in [1.82, 2.24) is 4.31 Å². The molecule has 3 atom stereocenters. The van der Waals surface area contributed by atoms with E-state index in [0.717, 1.165) is 23.3 Å². The first-order valence-corrected chi connectivity index (χ1v) is 14.3. The molecular weight excluding hydrogens is 502 g/mol. The predicted octanol–water partition coefficient (Wildman–Crippen LogP) is 5.83. The van der Waals surface area contributed by atoms with Crippen LogP contribution in [-0.2, 0) is 21.2 Å². The van der Waals surface area contributed by atoms with Gasteiger partial charge in [0.15, 0.2) is 0 Å². The van der Waals surface area contributed by atoms with E-state index in [-0.39, 0.29) is 16.7 Å². The van der Waals surface area contributed by atoms with Crippen LogP contribution in [0.1, 0.15) is 29.2 Å². The highest BCUT2D eigenvalue weighted by Gasteiger charge is 2.45. The number of carbonyl (C=O) groups is 1. The van der Waals surface area contributed by atoms with Gasteiger partial charge in [-0.3, -0.25) is 4.79 Å². The number of rotatable bonds is 8. The fraction of sp³-hybridized carbons (Fsp3) is 0.296. The van der Waals surface area contributed by atoms with Gasteiger partial charge in [0.2, 0.25) is 10.0 Å². The lowest BCUT2D eigenvalue weighted by molar-refractivity contribution is -0.143. The molecule has 4 rings (SSSR count). The summed E-state index contributed by atoms with van der Waals surface area (Å²) in [5.41, 5.74) is 3.14. The summed E-state index contributed by atoms with van der Waals surface area (Å²) < 4.78 is 28.8. The van der Waals surface area contributed by atoms with E-state index in [1.54, 1.807) is 11.8 Å². The molecule has 0 spiro atoms. The minimum absolute atomic E-state index is 0.0815. The predicted molar refractivity (Wildman–Crippen MR) is 141 cm³/mol. The van der Waals surface area contributed by atoms with Crippen molar-refractivity contribution >= 4 is 39.4 Å². The lowest BCUT2D eigenvalue weighted by atomic mass is 9.90. The molecule has 3 aromatic rings. The number of aliphatic carboxylic acids is 1. The Bertz CT molecular complexity index is 1250. The van der Waals surface area contributed by atoms with Crippen molar-refractivity contribution in [2.24, 2.45) is 5.92 Å². The molecule has 0 unspecified atom stereocenters. The summed E-state index contributed by atoms with van der Waals surface area (Å²) in [6, 6.07) is 23.5. The van der Waals surface area contributed by atoms with E-state index >= 15 is 0 Å². The summed E-state index contributed by atoms with van der Waals surface area (Å²) in [7, 11) is -3.94. The summed E-state index contributed by atoms with van der Waals surface area (Å²) >= 11 is 7.60. The largest absolute Gasteiger partial charge is 0.481 e. The fourth-order valence-electron chi connectivity index (χ4n) is 4.43. The average Bonchev–Trinajstić information content (AvgIpc) is 2.85. The van der Waals surface area contributed by atoms with Gasteiger partial charge in [0, 0.05) is 16.8 Å². The number of carboxylic acids is 1. The van der Waals surface area contributed by atoms with Gasteiger partial charge in [-0.1, -0.05) is 71.8 Å².